The van der Waals surface area contributed by atoms with E-state index in [1.165, 1.54) is 4.90 Å². The second-order valence-electron chi connectivity index (χ2n) is 6.11. The van der Waals surface area contributed by atoms with Crippen LogP contribution in [-0.2, 0) is 16.4 Å². The van der Waals surface area contributed by atoms with E-state index in [1.54, 1.807) is 37.8 Å². The van der Waals surface area contributed by atoms with Gasteiger partial charge in [-0.2, -0.15) is 0 Å². The molecule has 2 aromatic rings. The van der Waals surface area contributed by atoms with Gasteiger partial charge in [-0.25, -0.2) is 13.4 Å². The third kappa shape index (κ3) is 4.33. The van der Waals surface area contributed by atoms with E-state index in [9.17, 15) is 13.2 Å². The highest BCUT2D eigenvalue weighted by atomic mass is 32.2. The van der Waals surface area contributed by atoms with Crippen LogP contribution in [-0.4, -0.2) is 53.8 Å². The minimum atomic E-state index is -3.03. The Labute approximate surface area is 147 Å². The molecule has 0 saturated carbocycles. The maximum absolute atomic E-state index is 12.6. The fraction of sp³-hybridized carbons (Fsp3) is 0.353. The molecule has 1 N–H and O–H groups in total. The summed E-state index contributed by atoms with van der Waals surface area (Å²) in [5.74, 6) is 0.573. The molecule has 7 nitrogen and oxygen atoms in total. The summed E-state index contributed by atoms with van der Waals surface area (Å²) in [6, 6.07) is 6.86. The lowest BCUT2D eigenvalue weighted by molar-refractivity contribution is 0.0747. The topological polar surface area (TPSA) is 92.3 Å². The molecule has 1 unspecified atom stereocenters. The van der Waals surface area contributed by atoms with E-state index in [0.717, 1.165) is 5.56 Å². The second kappa shape index (κ2) is 7.18. The third-order valence-corrected chi connectivity index (χ3v) is 6.06. The molecule has 0 aliphatic carbocycles. The van der Waals surface area contributed by atoms with E-state index in [2.05, 4.69) is 15.3 Å². The number of nitrogens with zero attached hydrogens (tertiary/aromatic N) is 3. The van der Waals surface area contributed by atoms with Crippen molar-refractivity contribution < 1.29 is 13.2 Å². The van der Waals surface area contributed by atoms with Crippen LogP contribution in [0.15, 0.2) is 42.9 Å². The van der Waals surface area contributed by atoms with E-state index in [1.807, 2.05) is 12.1 Å². The Morgan fingerprint density at radius 1 is 1.28 bits per heavy atom. The summed E-state index contributed by atoms with van der Waals surface area (Å²) in [4.78, 5) is 22.3. The van der Waals surface area contributed by atoms with Gasteiger partial charge in [0.15, 0.2) is 9.84 Å². The Balaban J connectivity index is 1.67. The van der Waals surface area contributed by atoms with E-state index in [0.29, 0.717) is 24.3 Å². The van der Waals surface area contributed by atoms with Gasteiger partial charge in [0.05, 0.1) is 11.5 Å². The van der Waals surface area contributed by atoms with Gasteiger partial charge in [0.25, 0.3) is 5.91 Å². The Morgan fingerprint density at radius 3 is 2.72 bits per heavy atom. The van der Waals surface area contributed by atoms with Crippen LogP contribution >= 0.6 is 0 Å². The van der Waals surface area contributed by atoms with Gasteiger partial charge in [0.1, 0.15) is 5.82 Å². The first kappa shape index (κ1) is 17.3. The van der Waals surface area contributed by atoms with Gasteiger partial charge in [0, 0.05) is 43.8 Å². The lowest BCUT2D eigenvalue weighted by Gasteiger charge is -2.23. The van der Waals surface area contributed by atoms with Crippen LogP contribution in [0.25, 0.3) is 0 Å². The fourth-order valence-corrected chi connectivity index (χ4v) is 4.58. The van der Waals surface area contributed by atoms with Crippen LogP contribution < -0.4 is 5.32 Å². The summed E-state index contributed by atoms with van der Waals surface area (Å²) in [5, 5.41) is 3.17. The largest absolute Gasteiger partial charge is 0.366 e. The van der Waals surface area contributed by atoms with Gasteiger partial charge in [0.2, 0.25) is 0 Å². The van der Waals surface area contributed by atoms with Crippen LogP contribution in [0, 0.1) is 0 Å². The highest BCUT2D eigenvalue weighted by Crippen LogP contribution is 2.19. The first-order valence-electron chi connectivity index (χ1n) is 8.01. The van der Waals surface area contributed by atoms with Crippen LogP contribution in [0.5, 0.6) is 0 Å². The van der Waals surface area contributed by atoms with Crippen molar-refractivity contribution in [3.8, 4) is 0 Å². The van der Waals surface area contributed by atoms with E-state index < -0.39 is 9.84 Å². The van der Waals surface area contributed by atoms with Crippen molar-refractivity contribution in [1.82, 2.24) is 14.9 Å². The van der Waals surface area contributed by atoms with Gasteiger partial charge in [-0.15, -0.1) is 0 Å². The van der Waals surface area contributed by atoms with Crippen molar-refractivity contribution in [2.24, 2.45) is 0 Å². The summed E-state index contributed by atoms with van der Waals surface area (Å²) in [5.41, 5.74) is 1.54. The van der Waals surface area contributed by atoms with Gasteiger partial charge < -0.3 is 10.2 Å². The average molecular weight is 360 g/mol. The zero-order valence-electron chi connectivity index (χ0n) is 13.9. The number of carbonyl (C=O) groups excluding carboxylic acids is 1. The molecule has 3 rings (SSSR count). The monoisotopic (exact) mass is 360 g/mol. The molecule has 1 saturated heterocycles. The first-order valence-corrected chi connectivity index (χ1v) is 9.83. The Hall–Kier alpha value is -2.48. The van der Waals surface area contributed by atoms with Gasteiger partial charge in [-0.3, -0.25) is 9.78 Å². The average Bonchev–Trinajstić information content (AvgIpc) is 3.00. The summed E-state index contributed by atoms with van der Waals surface area (Å²) in [6.45, 7) is 0.573. The molecule has 8 heteroatoms. The SMILES string of the molecule is CN(C(=O)c1ccnc(NCc2ccncc2)c1)C1CCS(=O)(=O)C1. The standard InChI is InChI=1S/C17H20N4O3S/c1-21(15-5-9-25(23,24)12-15)17(22)14-4-8-19-16(10-14)20-11-13-2-6-18-7-3-13/h2-4,6-8,10,15H,5,9,11-12H2,1H3,(H,19,20). The molecule has 0 aromatic carbocycles. The zero-order chi connectivity index (χ0) is 17.9. The van der Waals surface area contributed by atoms with E-state index >= 15 is 0 Å². The summed E-state index contributed by atoms with van der Waals surface area (Å²) < 4.78 is 23.2. The quantitative estimate of drug-likeness (QED) is 0.865. The van der Waals surface area contributed by atoms with Gasteiger partial charge in [-0.1, -0.05) is 0 Å². The summed E-state index contributed by atoms with van der Waals surface area (Å²) in [6.07, 6.45) is 5.49. The van der Waals surface area contributed by atoms with Crippen molar-refractivity contribution in [2.75, 3.05) is 23.9 Å². The first-order chi connectivity index (χ1) is 11.9. The van der Waals surface area contributed by atoms with Crippen LogP contribution in [0.3, 0.4) is 0 Å². The Kier molecular flexibility index (Phi) is 4.98. The lowest BCUT2D eigenvalue weighted by Crippen LogP contribution is -2.37. The number of carbonyl (C=O) groups is 1. The number of sulfone groups is 1. The van der Waals surface area contributed by atoms with E-state index in [4.69, 9.17) is 0 Å². The van der Waals surface area contributed by atoms with Gasteiger partial charge in [-0.05, 0) is 36.2 Å². The third-order valence-electron chi connectivity index (χ3n) is 4.31. The number of amides is 1. The molecule has 1 aliphatic rings. The number of hydrogen-bond donors (Lipinski definition) is 1. The Morgan fingerprint density at radius 2 is 2.04 bits per heavy atom. The number of hydrogen-bond acceptors (Lipinski definition) is 6. The molecule has 2 aromatic heterocycles. The number of aromatic nitrogens is 2. The summed E-state index contributed by atoms with van der Waals surface area (Å²) in [7, 11) is -1.38. The molecule has 3 heterocycles. The van der Waals surface area contributed by atoms with Crippen molar-refractivity contribution in [1.29, 1.82) is 0 Å². The molecule has 0 radical (unpaired) electrons. The predicted molar refractivity (Wildman–Crippen MR) is 95.0 cm³/mol. The molecule has 1 fully saturated rings. The minimum Gasteiger partial charge on any atom is -0.366 e. The molecule has 1 amide bonds. The number of pyridine rings is 2. The Bertz CT molecular complexity index is 855. The number of rotatable bonds is 5. The lowest BCUT2D eigenvalue weighted by atomic mass is 10.1. The smallest absolute Gasteiger partial charge is 0.254 e. The highest BCUT2D eigenvalue weighted by Gasteiger charge is 2.33. The highest BCUT2D eigenvalue weighted by molar-refractivity contribution is 7.91. The van der Waals surface area contributed by atoms with E-state index in [-0.39, 0.29) is 23.5 Å². The van der Waals surface area contributed by atoms with Crippen molar-refractivity contribution in [3.63, 3.8) is 0 Å². The number of nitrogens with one attached hydrogen (secondary N) is 1. The molecular weight excluding hydrogens is 340 g/mol. The molecule has 0 bridgehead atoms. The second-order valence-corrected chi connectivity index (χ2v) is 8.34. The minimum absolute atomic E-state index is 0.0352. The van der Waals surface area contributed by atoms with Crippen molar-refractivity contribution in [2.45, 2.75) is 19.0 Å². The predicted octanol–water partition coefficient (Wildman–Crippen LogP) is 1.35. The fourth-order valence-electron chi connectivity index (χ4n) is 2.80. The molecule has 1 atom stereocenters. The van der Waals surface area contributed by atoms with Crippen LogP contribution in [0.4, 0.5) is 5.82 Å². The van der Waals surface area contributed by atoms with Crippen LogP contribution in [0.2, 0.25) is 0 Å². The normalized spacial score (nSPS) is 18.7. The maximum atomic E-state index is 12.6. The van der Waals surface area contributed by atoms with Crippen molar-refractivity contribution >= 4 is 21.6 Å². The zero-order valence-corrected chi connectivity index (χ0v) is 14.7. The van der Waals surface area contributed by atoms with Crippen molar-refractivity contribution in [3.05, 3.63) is 54.0 Å². The number of anilines is 1. The molecular formula is C17H20N4O3S. The molecule has 132 valence electrons. The molecule has 0 spiro atoms. The molecule has 1 aliphatic heterocycles. The summed E-state index contributed by atoms with van der Waals surface area (Å²) >= 11 is 0. The maximum Gasteiger partial charge on any atom is 0.254 e. The molecule has 25 heavy (non-hydrogen) atoms. The van der Waals surface area contributed by atoms with Crippen LogP contribution in [0.1, 0.15) is 22.3 Å². The van der Waals surface area contributed by atoms with Gasteiger partial charge >= 0.3 is 0 Å².